The largest absolute Gasteiger partial charge is 0.294 e. The van der Waals surface area contributed by atoms with Crippen LogP contribution in [0.25, 0.3) is 12.2 Å². The third kappa shape index (κ3) is 4.93. The fourth-order valence-electron chi connectivity index (χ4n) is 3.17. The minimum Gasteiger partial charge on any atom is -0.294 e. The number of Topliss-reactive ketones (excluding diaryl/α,β-unsaturated/α-hetero) is 1. The van der Waals surface area contributed by atoms with Crippen molar-refractivity contribution in [2.75, 3.05) is 0 Å². The van der Waals surface area contributed by atoms with Crippen LogP contribution in [0.3, 0.4) is 0 Å². The molecule has 0 saturated heterocycles. The number of rotatable bonds is 5. The summed E-state index contributed by atoms with van der Waals surface area (Å²) in [6.07, 6.45) is 2.99. The van der Waals surface area contributed by atoms with Crippen molar-refractivity contribution >= 4 is 40.9 Å². The lowest BCUT2D eigenvalue weighted by Crippen LogP contribution is -2.32. The van der Waals surface area contributed by atoms with Gasteiger partial charge in [0.25, 0.3) is 5.56 Å². The summed E-state index contributed by atoms with van der Waals surface area (Å²) in [6, 6.07) is 18.3. The van der Waals surface area contributed by atoms with Crippen LogP contribution in [0.5, 0.6) is 0 Å². The molecule has 0 bridgehead atoms. The van der Waals surface area contributed by atoms with Gasteiger partial charge in [-0.2, -0.15) is 0 Å². The lowest BCUT2D eigenvalue weighted by Gasteiger charge is -2.03. The lowest BCUT2D eigenvalue weighted by atomic mass is 10.1. The van der Waals surface area contributed by atoms with Crippen LogP contribution < -0.4 is 14.8 Å². The summed E-state index contributed by atoms with van der Waals surface area (Å²) in [4.78, 5) is 26.0. The van der Waals surface area contributed by atoms with E-state index in [0.717, 1.165) is 11.3 Å². The van der Waals surface area contributed by atoms with E-state index >= 15 is 0 Å². The van der Waals surface area contributed by atoms with Crippen molar-refractivity contribution in [2.24, 2.45) is 0 Å². The van der Waals surface area contributed by atoms with Gasteiger partial charge in [0.15, 0.2) is 5.78 Å². The lowest BCUT2D eigenvalue weighted by molar-refractivity contribution is 0.106. The Bertz CT molecular complexity index is 1470. The quantitative estimate of drug-likeness (QED) is 0.409. The van der Waals surface area contributed by atoms with Crippen LogP contribution in [-0.4, -0.2) is 10.4 Å². The van der Waals surface area contributed by atoms with E-state index in [1.54, 1.807) is 54.6 Å². The molecule has 1 heterocycles. The number of nitrogens with zero attached hydrogens (tertiary/aromatic N) is 1. The molecule has 0 radical (unpaired) electrons. The van der Waals surface area contributed by atoms with Crippen molar-refractivity contribution in [2.45, 2.75) is 6.54 Å². The van der Waals surface area contributed by atoms with Crippen molar-refractivity contribution < 1.29 is 13.6 Å². The van der Waals surface area contributed by atoms with Crippen LogP contribution in [0.4, 0.5) is 8.78 Å². The van der Waals surface area contributed by atoms with Crippen LogP contribution in [0.2, 0.25) is 5.02 Å². The Labute approximate surface area is 191 Å². The van der Waals surface area contributed by atoms with Crippen molar-refractivity contribution in [3.63, 3.8) is 0 Å². The van der Waals surface area contributed by atoms with Gasteiger partial charge in [0.2, 0.25) is 0 Å². The molecule has 1 aromatic heterocycles. The highest BCUT2D eigenvalue weighted by Crippen LogP contribution is 2.16. The molecular weight excluding hydrogens is 452 g/mol. The van der Waals surface area contributed by atoms with E-state index < -0.39 is 5.82 Å². The van der Waals surface area contributed by atoms with Gasteiger partial charge in [-0.15, -0.1) is 11.3 Å². The Morgan fingerprint density at radius 1 is 0.969 bits per heavy atom. The predicted molar refractivity (Wildman–Crippen MR) is 124 cm³/mol. The van der Waals surface area contributed by atoms with E-state index in [2.05, 4.69) is 0 Å². The Morgan fingerprint density at radius 3 is 2.44 bits per heavy atom. The van der Waals surface area contributed by atoms with Gasteiger partial charge in [-0.05, 0) is 53.6 Å². The molecule has 4 rings (SSSR count). The second-order valence-electron chi connectivity index (χ2n) is 7.01. The van der Waals surface area contributed by atoms with Gasteiger partial charge >= 0.3 is 0 Å². The number of hydrogen-bond donors (Lipinski definition) is 0. The molecule has 0 amide bonds. The molecule has 0 atom stereocenters. The van der Waals surface area contributed by atoms with Gasteiger partial charge in [0.1, 0.15) is 16.3 Å². The van der Waals surface area contributed by atoms with Gasteiger partial charge in [-0.3, -0.25) is 14.2 Å². The third-order valence-corrected chi connectivity index (χ3v) is 6.12. The van der Waals surface area contributed by atoms with Crippen LogP contribution in [0.1, 0.15) is 21.5 Å². The fourth-order valence-corrected chi connectivity index (χ4v) is 4.44. The molecule has 0 saturated carbocycles. The molecule has 0 aliphatic carbocycles. The minimum atomic E-state index is -0.415. The summed E-state index contributed by atoms with van der Waals surface area (Å²) >= 11 is 7.27. The van der Waals surface area contributed by atoms with E-state index in [1.807, 2.05) is 0 Å². The maximum absolute atomic E-state index is 13.7. The van der Waals surface area contributed by atoms with E-state index in [4.69, 9.17) is 11.6 Å². The summed E-state index contributed by atoms with van der Waals surface area (Å²) in [6.45, 7) is 0.0893. The molecule has 0 unspecified atom stereocenters. The zero-order valence-electron chi connectivity index (χ0n) is 16.6. The molecule has 3 aromatic carbocycles. The van der Waals surface area contributed by atoms with Gasteiger partial charge in [0, 0.05) is 11.6 Å². The van der Waals surface area contributed by atoms with Gasteiger partial charge < -0.3 is 0 Å². The van der Waals surface area contributed by atoms with Crippen LogP contribution in [0.15, 0.2) is 77.6 Å². The number of carbonyl (C=O) groups is 1. The molecule has 160 valence electrons. The SMILES string of the molecule is O=C(/C=c1\s/c(=C/c2ccc(F)cc2)c(=O)n1Cc1cccc(F)c1)c1ccccc1Cl. The third-order valence-electron chi connectivity index (χ3n) is 4.73. The van der Waals surface area contributed by atoms with Crippen molar-refractivity contribution in [3.05, 3.63) is 126 Å². The first kappa shape index (κ1) is 21.9. The van der Waals surface area contributed by atoms with Crippen molar-refractivity contribution in [3.8, 4) is 0 Å². The average Bonchev–Trinajstić information content (AvgIpc) is 3.04. The maximum atomic E-state index is 13.7. The highest BCUT2D eigenvalue weighted by atomic mass is 35.5. The Balaban J connectivity index is 1.87. The zero-order chi connectivity index (χ0) is 22.7. The smallest absolute Gasteiger partial charge is 0.269 e. The number of benzene rings is 3. The fraction of sp³-hybridized carbons (Fsp3) is 0.0400. The van der Waals surface area contributed by atoms with Gasteiger partial charge in [-0.1, -0.05) is 48.0 Å². The van der Waals surface area contributed by atoms with E-state index in [9.17, 15) is 18.4 Å². The number of ketones is 1. The monoisotopic (exact) mass is 467 g/mol. The van der Waals surface area contributed by atoms with Gasteiger partial charge in [0.05, 0.1) is 16.1 Å². The predicted octanol–water partition coefficient (Wildman–Crippen LogP) is 4.38. The number of carbonyl (C=O) groups excluding carboxylic acids is 1. The summed E-state index contributed by atoms with van der Waals surface area (Å²) in [5, 5.41) is 0.308. The first-order valence-electron chi connectivity index (χ1n) is 9.63. The van der Waals surface area contributed by atoms with E-state index in [-0.39, 0.29) is 23.7 Å². The van der Waals surface area contributed by atoms with Crippen molar-refractivity contribution in [1.29, 1.82) is 0 Å². The maximum Gasteiger partial charge on any atom is 0.269 e. The summed E-state index contributed by atoms with van der Waals surface area (Å²) in [7, 11) is 0. The molecule has 0 aliphatic heterocycles. The molecule has 0 aliphatic rings. The summed E-state index contributed by atoms with van der Waals surface area (Å²) in [5.74, 6) is -1.14. The first-order valence-corrected chi connectivity index (χ1v) is 10.8. The number of aromatic nitrogens is 1. The molecule has 0 fully saturated rings. The number of halogens is 3. The minimum absolute atomic E-state index is 0.0893. The molecule has 3 nitrogen and oxygen atoms in total. The van der Waals surface area contributed by atoms with Crippen molar-refractivity contribution in [1.82, 2.24) is 4.57 Å². The van der Waals surface area contributed by atoms with Crippen LogP contribution in [-0.2, 0) is 6.54 Å². The average molecular weight is 468 g/mol. The second kappa shape index (κ2) is 9.42. The van der Waals surface area contributed by atoms with E-state index in [1.165, 1.54) is 34.9 Å². The highest BCUT2D eigenvalue weighted by Gasteiger charge is 2.11. The summed E-state index contributed by atoms with van der Waals surface area (Å²) in [5.41, 5.74) is 1.21. The highest BCUT2D eigenvalue weighted by molar-refractivity contribution is 7.07. The summed E-state index contributed by atoms with van der Waals surface area (Å²) < 4.78 is 29.1. The molecule has 7 heteroatoms. The molecule has 32 heavy (non-hydrogen) atoms. The molecule has 0 N–H and O–H groups in total. The Morgan fingerprint density at radius 2 is 1.72 bits per heavy atom. The first-order chi connectivity index (χ1) is 15.4. The van der Waals surface area contributed by atoms with E-state index in [0.29, 0.717) is 30.9 Å². The zero-order valence-corrected chi connectivity index (χ0v) is 18.2. The van der Waals surface area contributed by atoms with Crippen LogP contribution in [0, 0.1) is 11.6 Å². The topological polar surface area (TPSA) is 39.1 Å². The van der Waals surface area contributed by atoms with Gasteiger partial charge in [-0.25, -0.2) is 8.78 Å². The standard InChI is InChI=1S/C25H16ClF2NO2S/c26-21-7-2-1-6-20(21)22(30)14-24-29(15-17-4-3-5-19(28)12-17)25(31)23(32-24)13-16-8-10-18(27)11-9-16/h1-14H,15H2/b23-13+,24-14-. The van der Waals surface area contributed by atoms with Crippen LogP contribution >= 0.6 is 22.9 Å². The number of hydrogen-bond acceptors (Lipinski definition) is 3. The number of thiazole rings is 1. The molecule has 4 aromatic rings. The normalized spacial score (nSPS) is 12.3. The Kier molecular flexibility index (Phi) is 6.44. The molecule has 0 spiro atoms. The Hall–Kier alpha value is -3.35. The second-order valence-corrected chi connectivity index (χ2v) is 8.48. The molecular formula is C25H16ClF2NO2S.